The van der Waals surface area contributed by atoms with Crippen molar-refractivity contribution in [3.05, 3.63) is 48.2 Å². The number of likely N-dealkylation sites (tertiary alicyclic amines) is 1. The van der Waals surface area contributed by atoms with E-state index in [1.165, 1.54) is 0 Å². The fraction of sp³-hybridized carbons (Fsp3) is 0.571. The van der Waals surface area contributed by atoms with Gasteiger partial charge in [0.15, 0.2) is 14.5 Å². The van der Waals surface area contributed by atoms with E-state index in [9.17, 15) is 4.79 Å². The summed E-state index contributed by atoms with van der Waals surface area (Å²) in [5.74, 6) is 0.418. The molecule has 1 aromatic rings. The Morgan fingerprint density at radius 1 is 1.27 bits per heavy atom. The van der Waals surface area contributed by atoms with Gasteiger partial charge in [0.2, 0.25) is 5.91 Å². The molecule has 1 heterocycles. The number of rotatable bonds is 7. The maximum Gasteiger partial charge on any atom is 0.237 e. The predicted molar refractivity (Wildman–Crippen MR) is 108 cm³/mol. The third-order valence-electron chi connectivity index (χ3n) is 5.49. The zero-order valence-corrected chi connectivity index (χ0v) is 18.2. The average molecular weight is 376 g/mol. The Kier molecular flexibility index (Phi) is 6.03. The summed E-state index contributed by atoms with van der Waals surface area (Å²) >= 11 is 0. The summed E-state index contributed by atoms with van der Waals surface area (Å²) in [6.45, 7) is 19.3. The van der Waals surface area contributed by atoms with Gasteiger partial charge in [-0.05, 0) is 37.5 Å². The number of carbonyl (C=O) groups excluding carboxylic acids is 1. The van der Waals surface area contributed by atoms with E-state index in [0.717, 1.165) is 5.56 Å². The SMILES string of the molecule is C=C(C)O[C@@H]1[C@@H]([C@@H](C)O[Si](C)(C)C(C)(C)C)C(=O)N1Cc1ccccc1. The van der Waals surface area contributed by atoms with Crippen LogP contribution in [0.15, 0.2) is 42.7 Å². The van der Waals surface area contributed by atoms with Gasteiger partial charge in [-0.3, -0.25) is 4.79 Å². The maximum absolute atomic E-state index is 12.9. The molecule has 0 spiro atoms. The topological polar surface area (TPSA) is 38.8 Å². The molecule has 1 saturated heterocycles. The Labute approximate surface area is 159 Å². The first-order chi connectivity index (χ1) is 11.9. The zero-order chi connectivity index (χ0) is 19.7. The Balaban J connectivity index is 2.14. The number of β-lactam (4-membered cyclic amide) rings is 1. The molecule has 0 N–H and O–H groups in total. The molecule has 3 atom stereocenters. The number of hydrogen-bond donors (Lipinski definition) is 0. The highest BCUT2D eigenvalue weighted by atomic mass is 28.4. The molecule has 4 nitrogen and oxygen atoms in total. The Bertz CT molecular complexity index is 651. The van der Waals surface area contributed by atoms with Crippen LogP contribution < -0.4 is 0 Å². The molecular formula is C21H33NO3Si. The summed E-state index contributed by atoms with van der Waals surface area (Å²) in [6, 6.07) is 9.98. The van der Waals surface area contributed by atoms with E-state index in [1.54, 1.807) is 4.90 Å². The van der Waals surface area contributed by atoms with Crippen molar-refractivity contribution in [1.29, 1.82) is 0 Å². The van der Waals surface area contributed by atoms with E-state index < -0.39 is 8.32 Å². The Morgan fingerprint density at radius 3 is 2.35 bits per heavy atom. The molecule has 0 aromatic heterocycles. The molecule has 0 saturated carbocycles. The standard InChI is InChI=1S/C21H33NO3Si/c1-15(2)24-20-18(16(3)25-26(7,8)21(4,5)6)19(23)22(20)14-17-12-10-9-11-13-17/h9-13,16,18,20H,1,14H2,2-8H3/t16-,18+,20-/m1/s1. The predicted octanol–water partition coefficient (Wildman–Crippen LogP) is 4.93. The summed E-state index contributed by atoms with van der Waals surface area (Å²) in [4.78, 5) is 14.7. The van der Waals surface area contributed by atoms with Gasteiger partial charge in [0.25, 0.3) is 0 Å². The molecule has 1 aromatic carbocycles. The van der Waals surface area contributed by atoms with Crippen molar-refractivity contribution < 1.29 is 14.0 Å². The van der Waals surface area contributed by atoms with Crippen LogP contribution >= 0.6 is 0 Å². The van der Waals surface area contributed by atoms with E-state index in [1.807, 2.05) is 44.2 Å². The summed E-state index contributed by atoms with van der Waals surface area (Å²) in [6.07, 6.45) is -0.500. The molecule has 144 valence electrons. The van der Waals surface area contributed by atoms with Gasteiger partial charge in [-0.25, -0.2) is 0 Å². The highest BCUT2D eigenvalue weighted by Gasteiger charge is 2.53. The highest BCUT2D eigenvalue weighted by molar-refractivity contribution is 6.74. The lowest BCUT2D eigenvalue weighted by atomic mass is 9.90. The monoisotopic (exact) mass is 375 g/mol. The minimum absolute atomic E-state index is 0.0892. The van der Waals surface area contributed by atoms with Crippen LogP contribution in [0.3, 0.4) is 0 Å². The Morgan fingerprint density at radius 2 is 1.85 bits per heavy atom. The van der Waals surface area contributed by atoms with Crippen LogP contribution in [-0.2, 0) is 20.5 Å². The number of nitrogens with zero attached hydrogens (tertiary/aromatic N) is 1. The first-order valence-electron chi connectivity index (χ1n) is 9.28. The van der Waals surface area contributed by atoms with Crippen molar-refractivity contribution in [2.24, 2.45) is 5.92 Å². The fourth-order valence-electron chi connectivity index (χ4n) is 2.99. The lowest BCUT2D eigenvalue weighted by Gasteiger charge is -2.50. The van der Waals surface area contributed by atoms with Crippen LogP contribution in [0.4, 0.5) is 0 Å². The molecule has 2 rings (SSSR count). The molecule has 26 heavy (non-hydrogen) atoms. The van der Waals surface area contributed by atoms with Crippen molar-refractivity contribution in [2.75, 3.05) is 0 Å². The second kappa shape index (κ2) is 7.57. The van der Waals surface area contributed by atoms with Crippen LogP contribution in [0.1, 0.15) is 40.2 Å². The second-order valence-electron chi connectivity index (χ2n) is 8.77. The van der Waals surface area contributed by atoms with Gasteiger partial charge in [0.1, 0.15) is 5.92 Å². The molecule has 5 heteroatoms. The number of ether oxygens (including phenoxy) is 1. The summed E-state index contributed by atoms with van der Waals surface area (Å²) in [5.41, 5.74) is 1.09. The van der Waals surface area contributed by atoms with E-state index in [0.29, 0.717) is 12.3 Å². The van der Waals surface area contributed by atoms with Crippen LogP contribution in [0.25, 0.3) is 0 Å². The lowest BCUT2D eigenvalue weighted by Crippen LogP contribution is -2.65. The van der Waals surface area contributed by atoms with Crippen molar-refractivity contribution in [2.45, 2.75) is 71.6 Å². The first-order valence-corrected chi connectivity index (χ1v) is 12.2. The molecule has 1 aliphatic rings. The van der Waals surface area contributed by atoms with E-state index in [-0.39, 0.29) is 29.2 Å². The number of benzene rings is 1. The van der Waals surface area contributed by atoms with Gasteiger partial charge in [-0.2, -0.15) is 0 Å². The van der Waals surface area contributed by atoms with Crippen molar-refractivity contribution in [3.63, 3.8) is 0 Å². The molecule has 0 aliphatic carbocycles. The van der Waals surface area contributed by atoms with Gasteiger partial charge in [-0.1, -0.05) is 57.7 Å². The normalized spacial score (nSPS) is 22.0. The average Bonchev–Trinajstić information content (AvgIpc) is 2.51. The third-order valence-corrected chi connectivity index (χ3v) is 10.1. The second-order valence-corrected chi connectivity index (χ2v) is 13.5. The molecule has 1 fully saturated rings. The summed E-state index contributed by atoms with van der Waals surface area (Å²) < 4.78 is 12.4. The summed E-state index contributed by atoms with van der Waals surface area (Å²) in [5, 5.41) is 0.0997. The van der Waals surface area contributed by atoms with Crippen LogP contribution in [0.2, 0.25) is 18.1 Å². The smallest absolute Gasteiger partial charge is 0.237 e. The molecular weight excluding hydrogens is 342 g/mol. The molecule has 0 unspecified atom stereocenters. The van der Waals surface area contributed by atoms with E-state index in [4.69, 9.17) is 9.16 Å². The highest BCUT2D eigenvalue weighted by Crippen LogP contribution is 2.41. The van der Waals surface area contributed by atoms with Crippen LogP contribution in [0.5, 0.6) is 0 Å². The molecule has 1 amide bonds. The third kappa shape index (κ3) is 4.38. The number of amides is 1. The Hall–Kier alpha value is -1.59. The molecule has 0 bridgehead atoms. The van der Waals surface area contributed by atoms with Crippen LogP contribution in [-0.4, -0.2) is 31.5 Å². The van der Waals surface area contributed by atoms with Gasteiger partial charge >= 0.3 is 0 Å². The van der Waals surface area contributed by atoms with Crippen molar-refractivity contribution >= 4 is 14.2 Å². The minimum atomic E-state index is -1.96. The van der Waals surface area contributed by atoms with Gasteiger partial charge in [0, 0.05) is 6.54 Å². The zero-order valence-electron chi connectivity index (χ0n) is 17.2. The van der Waals surface area contributed by atoms with Crippen molar-refractivity contribution in [1.82, 2.24) is 4.90 Å². The van der Waals surface area contributed by atoms with Crippen molar-refractivity contribution in [3.8, 4) is 0 Å². The van der Waals surface area contributed by atoms with Gasteiger partial charge < -0.3 is 14.1 Å². The first kappa shape index (κ1) is 20.7. The minimum Gasteiger partial charge on any atom is -0.475 e. The van der Waals surface area contributed by atoms with E-state index in [2.05, 4.69) is 40.4 Å². The maximum atomic E-state index is 12.9. The number of allylic oxidation sites excluding steroid dienone is 1. The van der Waals surface area contributed by atoms with Gasteiger partial charge in [0.05, 0.1) is 11.9 Å². The fourth-order valence-corrected chi connectivity index (χ4v) is 4.42. The molecule has 1 aliphatic heterocycles. The number of carbonyl (C=O) groups is 1. The largest absolute Gasteiger partial charge is 0.475 e. The number of hydrogen-bond acceptors (Lipinski definition) is 3. The summed E-state index contributed by atoms with van der Waals surface area (Å²) in [7, 11) is -1.96. The van der Waals surface area contributed by atoms with Gasteiger partial charge in [-0.15, -0.1) is 0 Å². The van der Waals surface area contributed by atoms with Crippen LogP contribution in [0, 0.1) is 5.92 Å². The lowest BCUT2D eigenvalue weighted by molar-refractivity contribution is -0.197. The van der Waals surface area contributed by atoms with E-state index >= 15 is 0 Å². The quantitative estimate of drug-likeness (QED) is 0.385. The molecule has 0 radical (unpaired) electrons.